The molecule has 2 N–H and O–H groups in total. The zero-order valence-electron chi connectivity index (χ0n) is 15.0. The highest BCUT2D eigenvalue weighted by molar-refractivity contribution is 5.75. The van der Waals surface area contributed by atoms with Gasteiger partial charge in [0.2, 0.25) is 0 Å². The molecule has 2 amide bonds. The molecule has 5 heteroatoms. The Morgan fingerprint density at radius 2 is 1.78 bits per heavy atom. The van der Waals surface area contributed by atoms with Crippen LogP contribution in [0.3, 0.4) is 0 Å². The van der Waals surface area contributed by atoms with E-state index in [1.54, 1.807) is 0 Å². The summed E-state index contributed by atoms with van der Waals surface area (Å²) >= 11 is 0. The summed E-state index contributed by atoms with van der Waals surface area (Å²) in [4.78, 5) is 25.6. The van der Waals surface area contributed by atoms with Gasteiger partial charge in [0.15, 0.2) is 0 Å². The van der Waals surface area contributed by atoms with E-state index in [0.29, 0.717) is 12.8 Å². The van der Waals surface area contributed by atoms with Crippen LogP contribution in [0.4, 0.5) is 4.79 Å². The number of urea groups is 1. The van der Waals surface area contributed by atoms with Crippen molar-refractivity contribution in [1.29, 1.82) is 0 Å². The predicted octanol–water partition coefficient (Wildman–Crippen LogP) is 4.02. The lowest BCUT2D eigenvalue weighted by Gasteiger charge is -2.33. The SMILES string of the molecule is CCCCCN(C(=O)NC1CCC(C(=O)O)CC1)C(C)CCC. The fourth-order valence-electron chi connectivity index (χ4n) is 3.37. The maximum Gasteiger partial charge on any atom is 0.317 e. The average Bonchev–Trinajstić information content (AvgIpc) is 2.52. The lowest BCUT2D eigenvalue weighted by atomic mass is 9.86. The summed E-state index contributed by atoms with van der Waals surface area (Å²) in [6.07, 6.45) is 8.31. The monoisotopic (exact) mass is 326 g/mol. The quantitative estimate of drug-likeness (QED) is 0.629. The first-order valence-corrected chi connectivity index (χ1v) is 9.29. The van der Waals surface area contributed by atoms with E-state index in [0.717, 1.165) is 51.5 Å². The summed E-state index contributed by atoms with van der Waals surface area (Å²) in [6.45, 7) is 7.24. The zero-order valence-corrected chi connectivity index (χ0v) is 15.0. The molecule has 0 spiro atoms. The molecule has 1 aliphatic carbocycles. The third-order valence-electron chi connectivity index (χ3n) is 4.91. The number of hydrogen-bond donors (Lipinski definition) is 2. The number of nitrogens with zero attached hydrogens (tertiary/aromatic N) is 1. The van der Waals surface area contributed by atoms with Crippen molar-refractivity contribution in [1.82, 2.24) is 10.2 Å². The molecule has 0 heterocycles. The van der Waals surface area contributed by atoms with Crippen LogP contribution in [0.1, 0.15) is 78.6 Å². The minimum absolute atomic E-state index is 0.0285. The minimum atomic E-state index is -0.701. The predicted molar refractivity (Wildman–Crippen MR) is 92.5 cm³/mol. The molecule has 5 nitrogen and oxygen atoms in total. The van der Waals surface area contributed by atoms with Gasteiger partial charge in [-0.05, 0) is 45.4 Å². The lowest BCUT2D eigenvalue weighted by molar-refractivity contribution is -0.142. The van der Waals surface area contributed by atoms with E-state index in [9.17, 15) is 9.59 Å². The highest BCUT2D eigenvalue weighted by Crippen LogP contribution is 2.24. The fourth-order valence-corrected chi connectivity index (χ4v) is 3.37. The Morgan fingerprint density at radius 3 is 2.30 bits per heavy atom. The van der Waals surface area contributed by atoms with E-state index in [2.05, 4.69) is 26.1 Å². The number of carbonyl (C=O) groups is 2. The number of nitrogens with one attached hydrogen (secondary N) is 1. The average molecular weight is 326 g/mol. The van der Waals surface area contributed by atoms with Gasteiger partial charge in [-0.25, -0.2) is 4.79 Å². The summed E-state index contributed by atoms with van der Waals surface area (Å²) in [6, 6.07) is 0.411. The van der Waals surface area contributed by atoms with Crippen LogP contribution in [0.5, 0.6) is 0 Å². The van der Waals surface area contributed by atoms with Gasteiger partial charge < -0.3 is 15.3 Å². The Labute approximate surface area is 140 Å². The van der Waals surface area contributed by atoms with E-state index in [-0.39, 0.29) is 24.0 Å². The second-order valence-corrected chi connectivity index (χ2v) is 6.87. The number of unbranched alkanes of at least 4 members (excludes halogenated alkanes) is 2. The number of amides is 2. The van der Waals surface area contributed by atoms with Crippen molar-refractivity contribution in [2.45, 2.75) is 90.6 Å². The van der Waals surface area contributed by atoms with Crippen LogP contribution in [-0.4, -0.2) is 40.6 Å². The number of carboxylic acids is 1. The third-order valence-corrected chi connectivity index (χ3v) is 4.91. The van der Waals surface area contributed by atoms with Crippen molar-refractivity contribution < 1.29 is 14.7 Å². The summed E-state index contributed by atoms with van der Waals surface area (Å²) in [5.41, 5.74) is 0. The van der Waals surface area contributed by atoms with Crippen molar-refractivity contribution in [3.05, 3.63) is 0 Å². The van der Waals surface area contributed by atoms with Gasteiger partial charge in [-0.3, -0.25) is 4.79 Å². The van der Waals surface area contributed by atoms with Crippen LogP contribution >= 0.6 is 0 Å². The molecular weight excluding hydrogens is 292 g/mol. The van der Waals surface area contributed by atoms with Gasteiger partial charge in [-0.15, -0.1) is 0 Å². The second-order valence-electron chi connectivity index (χ2n) is 6.87. The number of aliphatic carboxylic acids is 1. The number of rotatable bonds is 9. The molecule has 0 aromatic heterocycles. The van der Waals surface area contributed by atoms with E-state index < -0.39 is 5.97 Å². The topological polar surface area (TPSA) is 69.6 Å². The highest BCUT2D eigenvalue weighted by Gasteiger charge is 2.28. The molecule has 1 aliphatic rings. The molecule has 1 unspecified atom stereocenters. The minimum Gasteiger partial charge on any atom is -0.481 e. The molecule has 0 bridgehead atoms. The number of carbonyl (C=O) groups excluding carboxylic acids is 1. The smallest absolute Gasteiger partial charge is 0.317 e. The molecule has 134 valence electrons. The molecule has 0 saturated heterocycles. The lowest BCUT2D eigenvalue weighted by Crippen LogP contribution is -2.49. The van der Waals surface area contributed by atoms with Crippen molar-refractivity contribution in [2.24, 2.45) is 5.92 Å². The summed E-state index contributed by atoms with van der Waals surface area (Å²) in [5.74, 6) is -0.935. The Morgan fingerprint density at radius 1 is 1.13 bits per heavy atom. The van der Waals surface area contributed by atoms with Crippen molar-refractivity contribution >= 4 is 12.0 Å². The Kier molecular flexibility index (Phi) is 9.03. The second kappa shape index (κ2) is 10.5. The molecule has 0 aromatic carbocycles. The first-order valence-electron chi connectivity index (χ1n) is 9.29. The zero-order chi connectivity index (χ0) is 17.2. The summed E-state index contributed by atoms with van der Waals surface area (Å²) in [7, 11) is 0. The van der Waals surface area contributed by atoms with Gasteiger partial charge in [0.05, 0.1) is 5.92 Å². The normalized spacial score (nSPS) is 22.4. The molecule has 0 aliphatic heterocycles. The molecule has 1 fully saturated rings. The van der Waals surface area contributed by atoms with Crippen LogP contribution in [0.15, 0.2) is 0 Å². The van der Waals surface area contributed by atoms with Crippen LogP contribution in [0, 0.1) is 5.92 Å². The summed E-state index contributed by atoms with van der Waals surface area (Å²) < 4.78 is 0. The van der Waals surface area contributed by atoms with E-state index >= 15 is 0 Å². The molecule has 1 rings (SSSR count). The first-order chi connectivity index (χ1) is 11.0. The van der Waals surface area contributed by atoms with Crippen LogP contribution in [0.2, 0.25) is 0 Å². The molecule has 1 atom stereocenters. The van der Waals surface area contributed by atoms with Gasteiger partial charge in [-0.1, -0.05) is 33.1 Å². The van der Waals surface area contributed by atoms with E-state index in [4.69, 9.17) is 5.11 Å². The fraction of sp³-hybridized carbons (Fsp3) is 0.889. The van der Waals surface area contributed by atoms with Gasteiger partial charge in [0, 0.05) is 18.6 Å². The van der Waals surface area contributed by atoms with Gasteiger partial charge in [-0.2, -0.15) is 0 Å². The molecular formula is C18H34N2O3. The van der Waals surface area contributed by atoms with Crippen molar-refractivity contribution in [3.8, 4) is 0 Å². The van der Waals surface area contributed by atoms with Crippen molar-refractivity contribution in [3.63, 3.8) is 0 Å². The standard InChI is InChI=1S/C18H34N2O3/c1-4-6-7-13-20(14(3)8-5-2)18(23)19-16-11-9-15(10-12-16)17(21)22/h14-16H,4-13H2,1-3H3,(H,19,23)(H,21,22). The molecule has 1 saturated carbocycles. The third kappa shape index (κ3) is 6.80. The van der Waals surface area contributed by atoms with Crippen molar-refractivity contribution in [2.75, 3.05) is 6.54 Å². The van der Waals surface area contributed by atoms with Crippen LogP contribution in [0.25, 0.3) is 0 Å². The Hall–Kier alpha value is -1.26. The maximum absolute atomic E-state index is 12.6. The first kappa shape index (κ1) is 19.8. The van der Waals surface area contributed by atoms with E-state index in [1.807, 2.05) is 4.90 Å². The van der Waals surface area contributed by atoms with Gasteiger partial charge in [0.25, 0.3) is 0 Å². The molecule has 0 radical (unpaired) electrons. The Balaban J connectivity index is 2.50. The number of carboxylic acid groups (broad SMARTS) is 1. The highest BCUT2D eigenvalue weighted by atomic mass is 16.4. The van der Waals surface area contributed by atoms with Gasteiger partial charge >= 0.3 is 12.0 Å². The maximum atomic E-state index is 12.6. The van der Waals surface area contributed by atoms with Gasteiger partial charge in [0.1, 0.15) is 0 Å². The molecule has 0 aromatic rings. The Bertz CT molecular complexity index is 365. The van der Waals surface area contributed by atoms with Crippen LogP contribution < -0.4 is 5.32 Å². The van der Waals surface area contributed by atoms with E-state index in [1.165, 1.54) is 0 Å². The summed E-state index contributed by atoms with van der Waals surface area (Å²) in [5, 5.41) is 12.2. The number of hydrogen-bond acceptors (Lipinski definition) is 2. The largest absolute Gasteiger partial charge is 0.481 e. The van der Waals surface area contributed by atoms with Crippen LogP contribution in [-0.2, 0) is 4.79 Å². The molecule has 23 heavy (non-hydrogen) atoms.